The molecule has 0 aliphatic rings. The summed E-state index contributed by atoms with van der Waals surface area (Å²) < 4.78 is 0. The van der Waals surface area contributed by atoms with Crippen molar-refractivity contribution in [1.82, 2.24) is 9.97 Å². The maximum atomic E-state index is 9.15. The molecular weight excluding hydrogens is 212 g/mol. The lowest BCUT2D eigenvalue weighted by Crippen LogP contribution is -1.94. The van der Waals surface area contributed by atoms with E-state index in [1.54, 1.807) is 12.3 Å². The maximum Gasteiger partial charge on any atom is 0.116 e. The van der Waals surface area contributed by atoms with Gasteiger partial charge in [-0.15, -0.1) is 0 Å². The fraction of sp³-hybridized carbons (Fsp3) is 0.0909. The standard InChI is InChI=1S/C11H9ClN2O/c12-10-4-2-1-3-9(10)11-8(6-15)5-13-7-14-11/h1-5,7,15H,6H2. The Morgan fingerprint density at radius 1 is 1.27 bits per heavy atom. The normalized spacial score (nSPS) is 10.3. The van der Waals surface area contributed by atoms with Gasteiger partial charge in [0.2, 0.25) is 0 Å². The quantitative estimate of drug-likeness (QED) is 0.845. The molecule has 0 fully saturated rings. The molecular formula is C11H9ClN2O. The molecule has 0 saturated carbocycles. The Labute approximate surface area is 92.4 Å². The SMILES string of the molecule is OCc1cncnc1-c1ccccc1Cl. The number of benzene rings is 1. The Hall–Kier alpha value is -1.45. The van der Waals surface area contributed by atoms with Gasteiger partial charge in [0.1, 0.15) is 6.33 Å². The predicted octanol–water partition coefficient (Wildman–Crippen LogP) is 2.29. The molecule has 3 nitrogen and oxygen atoms in total. The van der Waals surface area contributed by atoms with Crippen molar-refractivity contribution in [2.45, 2.75) is 6.61 Å². The van der Waals surface area contributed by atoms with E-state index >= 15 is 0 Å². The molecule has 15 heavy (non-hydrogen) atoms. The number of aromatic nitrogens is 2. The average molecular weight is 221 g/mol. The lowest BCUT2D eigenvalue weighted by Gasteiger charge is -2.06. The van der Waals surface area contributed by atoms with Crippen LogP contribution in [0.5, 0.6) is 0 Å². The molecule has 76 valence electrons. The second-order valence-corrected chi connectivity index (χ2v) is 3.44. The third-order valence-electron chi connectivity index (χ3n) is 2.09. The van der Waals surface area contributed by atoms with E-state index in [4.69, 9.17) is 16.7 Å². The van der Waals surface area contributed by atoms with Gasteiger partial charge in [-0.1, -0.05) is 29.8 Å². The molecule has 0 spiro atoms. The minimum atomic E-state index is -0.0958. The average Bonchev–Trinajstić information content (AvgIpc) is 2.30. The Morgan fingerprint density at radius 2 is 2.07 bits per heavy atom. The van der Waals surface area contributed by atoms with Gasteiger partial charge in [-0.2, -0.15) is 0 Å². The van der Waals surface area contributed by atoms with Gasteiger partial charge in [0.15, 0.2) is 0 Å². The zero-order chi connectivity index (χ0) is 10.7. The van der Waals surface area contributed by atoms with Gasteiger partial charge in [0.05, 0.1) is 12.3 Å². The van der Waals surface area contributed by atoms with Crippen LogP contribution >= 0.6 is 11.6 Å². The van der Waals surface area contributed by atoms with Crippen molar-refractivity contribution in [3.05, 3.63) is 47.4 Å². The van der Waals surface area contributed by atoms with Crippen molar-refractivity contribution >= 4 is 11.6 Å². The molecule has 1 heterocycles. The number of hydrogen-bond donors (Lipinski definition) is 1. The van der Waals surface area contributed by atoms with Crippen molar-refractivity contribution in [1.29, 1.82) is 0 Å². The third-order valence-corrected chi connectivity index (χ3v) is 2.42. The summed E-state index contributed by atoms with van der Waals surface area (Å²) in [5, 5.41) is 9.76. The first kappa shape index (κ1) is 10.1. The van der Waals surface area contributed by atoms with E-state index < -0.39 is 0 Å². The van der Waals surface area contributed by atoms with Crippen LogP contribution in [0.1, 0.15) is 5.56 Å². The van der Waals surface area contributed by atoms with Crippen molar-refractivity contribution in [3.63, 3.8) is 0 Å². The van der Waals surface area contributed by atoms with E-state index in [-0.39, 0.29) is 6.61 Å². The molecule has 2 rings (SSSR count). The molecule has 2 aromatic rings. The highest BCUT2D eigenvalue weighted by atomic mass is 35.5. The molecule has 1 aromatic carbocycles. The van der Waals surface area contributed by atoms with Crippen LogP contribution in [0.3, 0.4) is 0 Å². The highest BCUT2D eigenvalue weighted by molar-refractivity contribution is 6.33. The van der Waals surface area contributed by atoms with E-state index in [9.17, 15) is 0 Å². The fourth-order valence-corrected chi connectivity index (χ4v) is 1.60. The van der Waals surface area contributed by atoms with Crippen LogP contribution in [0.15, 0.2) is 36.8 Å². The van der Waals surface area contributed by atoms with Crippen molar-refractivity contribution in [3.8, 4) is 11.3 Å². The Bertz CT molecular complexity index is 474. The van der Waals surface area contributed by atoms with Crippen LogP contribution in [0.2, 0.25) is 5.02 Å². The van der Waals surface area contributed by atoms with E-state index in [0.29, 0.717) is 16.3 Å². The van der Waals surface area contributed by atoms with Crippen LogP contribution in [-0.2, 0) is 6.61 Å². The van der Waals surface area contributed by atoms with Crippen LogP contribution in [0.25, 0.3) is 11.3 Å². The Morgan fingerprint density at radius 3 is 2.80 bits per heavy atom. The molecule has 0 aliphatic heterocycles. The summed E-state index contributed by atoms with van der Waals surface area (Å²) in [5.41, 5.74) is 2.16. The number of aliphatic hydroxyl groups excluding tert-OH is 1. The van der Waals surface area contributed by atoms with Gasteiger partial charge in [-0.05, 0) is 6.07 Å². The van der Waals surface area contributed by atoms with Gasteiger partial charge in [-0.25, -0.2) is 9.97 Å². The van der Waals surface area contributed by atoms with Gasteiger partial charge in [0, 0.05) is 22.3 Å². The monoisotopic (exact) mass is 220 g/mol. The number of nitrogens with zero attached hydrogens (tertiary/aromatic N) is 2. The van der Waals surface area contributed by atoms with Crippen LogP contribution < -0.4 is 0 Å². The molecule has 1 N–H and O–H groups in total. The van der Waals surface area contributed by atoms with E-state index in [1.807, 2.05) is 18.2 Å². The van der Waals surface area contributed by atoms with E-state index in [1.165, 1.54) is 6.33 Å². The summed E-state index contributed by atoms with van der Waals surface area (Å²) in [6.07, 6.45) is 3.03. The van der Waals surface area contributed by atoms with Crippen LogP contribution in [0, 0.1) is 0 Å². The Balaban J connectivity index is 2.59. The summed E-state index contributed by atoms with van der Waals surface area (Å²) in [7, 11) is 0. The van der Waals surface area contributed by atoms with Gasteiger partial charge in [-0.3, -0.25) is 0 Å². The highest BCUT2D eigenvalue weighted by Gasteiger charge is 2.08. The van der Waals surface area contributed by atoms with Gasteiger partial charge in [0.25, 0.3) is 0 Å². The highest BCUT2D eigenvalue weighted by Crippen LogP contribution is 2.27. The minimum absolute atomic E-state index is 0.0958. The van der Waals surface area contributed by atoms with Crippen LogP contribution in [0.4, 0.5) is 0 Å². The minimum Gasteiger partial charge on any atom is -0.392 e. The molecule has 0 saturated heterocycles. The zero-order valence-corrected chi connectivity index (χ0v) is 8.65. The van der Waals surface area contributed by atoms with Crippen molar-refractivity contribution in [2.24, 2.45) is 0 Å². The fourth-order valence-electron chi connectivity index (χ4n) is 1.37. The number of halogens is 1. The number of hydrogen-bond acceptors (Lipinski definition) is 3. The summed E-state index contributed by atoms with van der Waals surface area (Å²) >= 11 is 6.05. The summed E-state index contributed by atoms with van der Waals surface area (Å²) in [4.78, 5) is 7.98. The third kappa shape index (κ3) is 1.98. The molecule has 4 heteroatoms. The van der Waals surface area contributed by atoms with E-state index in [0.717, 1.165) is 5.56 Å². The first-order chi connectivity index (χ1) is 7.33. The van der Waals surface area contributed by atoms with Crippen molar-refractivity contribution in [2.75, 3.05) is 0 Å². The summed E-state index contributed by atoms with van der Waals surface area (Å²) in [5.74, 6) is 0. The molecule has 0 radical (unpaired) electrons. The molecule has 0 bridgehead atoms. The molecule has 0 amide bonds. The Kier molecular flexibility index (Phi) is 2.94. The molecule has 0 atom stereocenters. The molecule has 0 unspecified atom stereocenters. The topological polar surface area (TPSA) is 46.0 Å². The first-order valence-corrected chi connectivity index (χ1v) is 4.85. The van der Waals surface area contributed by atoms with Gasteiger partial charge < -0.3 is 5.11 Å². The summed E-state index contributed by atoms with van der Waals surface area (Å²) in [6.45, 7) is -0.0958. The zero-order valence-electron chi connectivity index (χ0n) is 7.89. The largest absolute Gasteiger partial charge is 0.392 e. The lowest BCUT2D eigenvalue weighted by molar-refractivity contribution is 0.281. The molecule has 0 aliphatic carbocycles. The number of rotatable bonds is 2. The summed E-state index contributed by atoms with van der Waals surface area (Å²) in [6, 6.07) is 7.39. The lowest BCUT2D eigenvalue weighted by atomic mass is 10.1. The number of aliphatic hydroxyl groups is 1. The first-order valence-electron chi connectivity index (χ1n) is 4.47. The second-order valence-electron chi connectivity index (χ2n) is 3.03. The maximum absolute atomic E-state index is 9.15. The smallest absolute Gasteiger partial charge is 0.116 e. The second kappa shape index (κ2) is 4.38. The predicted molar refractivity (Wildman–Crippen MR) is 58.4 cm³/mol. The molecule has 1 aromatic heterocycles. The van der Waals surface area contributed by atoms with Gasteiger partial charge >= 0.3 is 0 Å². The van der Waals surface area contributed by atoms with Crippen LogP contribution in [-0.4, -0.2) is 15.1 Å². The van der Waals surface area contributed by atoms with E-state index in [2.05, 4.69) is 9.97 Å². The van der Waals surface area contributed by atoms with Crippen molar-refractivity contribution < 1.29 is 5.11 Å².